The van der Waals surface area contributed by atoms with Crippen LogP contribution >= 0.6 is 0 Å². The molecule has 2 aromatic rings. The predicted molar refractivity (Wildman–Crippen MR) is 92.1 cm³/mol. The number of nitrogens with zero attached hydrogens (tertiary/aromatic N) is 6. The SMILES string of the molecule is Cn1cc([C@@H]2CN(Cc3nnc(C4CC4)n3C3CC3)C[C@H]2CO)cn1. The molecule has 0 bridgehead atoms. The Morgan fingerprint density at radius 3 is 2.64 bits per heavy atom. The summed E-state index contributed by atoms with van der Waals surface area (Å²) >= 11 is 0. The van der Waals surface area contributed by atoms with Crippen molar-refractivity contribution < 1.29 is 5.11 Å². The number of hydrogen-bond donors (Lipinski definition) is 1. The lowest BCUT2D eigenvalue weighted by atomic mass is 9.92. The summed E-state index contributed by atoms with van der Waals surface area (Å²) in [6.07, 6.45) is 9.09. The second-order valence-electron chi connectivity index (χ2n) is 8.04. The van der Waals surface area contributed by atoms with Crippen molar-refractivity contribution in [1.29, 1.82) is 0 Å². The number of aryl methyl sites for hydroxylation is 1. The van der Waals surface area contributed by atoms with E-state index in [1.165, 1.54) is 37.1 Å². The molecule has 0 unspecified atom stereocenters. The van der Waals surface area contributed by atoms with E-state index in [9.17, 15) is 5.11 Å². The second kappa shape index (κ2) is 5.92. The normalized spacial score (nSPS) is 27.3. The Kier molecular flexibility index (Phi) is 3.67. The third-order valence-electron chi connectivity index (χ3n) is 5.92. The number of aliphatic hydroxyl groups is 1. The Labute approximate surface area is 147 Å². The van der Waals surface area contributed by atoms with Crippen LogP contribution in [0.1, 0.15) is 60.8 Å². The minimum atomic E-state index is 0.221. The van der Waals surface area contributed by atoms with Gasteiger partial charge in [-0.15, -0.1) is 10.2 Å². The molecular weight excluding hydrogens is 316 g/mol. The molecule has 25 heavy (non-hydrogen) atoms. The van der Waals surface area contributed by atoms with Crippen molar-refractivity contribution in [2.45, 2.75) is 50.1 Å². The summed E-state index contributed by atoms with van der Waals surface area (Å²) in [5.74, 6) is 3.60. The number of rotatable bonds is 6. The van der Waals surface area contributed by atoms with Gasteiger partial charge >= 0.3 is 0 Å². The Balaban J connectivity index is 1.35. The highest BCUT2D eigenvalue weighted by Gasteiger charge is 2.38. The summed E-state index contributed by atoms with van der Waals surface area (Å²) in [5, 5.41) is 23.2. The van der Waals surface area contributed by atoms with Crippen LogP contribution in [0, 0.1) is 5.92 Å². The van der Waals surface area contributed by atoms with Gasteiger partial charge < -0.3 is 9.67 Å². The zero-order chi connectivity index (χ0) is 17.0. The number of aromatic nitrogens is 5. The maximum absolute atomic E-state index is 9.84. The van der Waals surface area contributed by atoms with Crippen LogP contribution in [0.4, 0.5) is 0 Å². The number of aliphatic hydroxyl groups excluding tert-OH is 1. The van der Waals surface area contributed by atoms with Crippen LogP contribution < -0.4 is 0 Å². The largest absolute Gasteiger partial charge is 0.396 e. The lowest BCUT2D eigenvalue weighted by Gasteiger charge is -2.16. The van der Waals surface area contributed by atoms with Gasteiger partial charge in [-0.3, -0.25) is 9.58 Å². The molecule has 2 aliphatic carbocycles. The first-order valence-electron chi connectivity index (χ1n) is 9.48. The van der Waals surface area contributed by atoms with Crippen LogP contribution in [0.2, 0.25) is 0 Å². The highest BCUT2D eigenvalue weighted by atomic mass is 16.3. The average molecular weight is 342 g/mol. The van der Waals surface area contributed by atoms with Gasteiger partial charge in [-0.1, -0.05) is 0 Å². The van der Waals surface area contributed by atoms with E-state index in [4.69, 9.17) is 0 Å². The van der Waals surface area contributed by atoms with E-state index in [2.05, 4.69) is 31.0 Å². The molecule has 5 rings (SSSR count). The number of likely N-dealkylation sites (tertiary alicyclic amines) is 1. The van der Waals surface area contributed by atoms with Crippen molar-refractivity contribution >= 4 is 0 Å². The average Bonchev–Trinajstić information content (AvgIpc) is 3.51. The van der Waals surface area contributed by atoms with Crippen molar-refractivity contribution in [3.8, 4) is 0 Å². The molecule has 2 saturated carbocycles. The molecule has 7 nitrogen and oxygen atoms in total. The van der Waals surface area contributed by atoms with Crippen LogP contribution in [0.5, 0.6) is 0 Å². The van der Waals surface area contributed by atoms with E-state index in [0.717, 1.165) is 25.5 Å². The van der Waals surface area contributed by atoms with E-state index in [-0.39, 0.29) is 12.5 Å². The van der Waals surface area contributed by atoms with Crippen molar-refractivity contribution in [2.24, 2.45) is 13.0 Å². The predicted octanol–water partition coefficient (Wildman–Crippen LogP) is 1.43. The summed E-state index contributed by atoms with van der Waals surface area (Å²) in [5.41, 5.74) is 1.23. The second-order valence-corrected chi connectivity index (χ2v) is 8.04. The molecule has 7 heteroatoms. The quantitative estimate of drug-likeness (QED) is 0.860. The van der Waals surface area contributed by atoms with Crippen LogP contribution in [0.25, 0.3) is 0 Å². The first-order valence-corrected chi connectivity index (χ1v) is 9.48. The van der Waals surface area contributed by atoms with Gasteiger partial charge in [0.15, 0.2) is 0 Å². The summed E-state index contributed by atoms with van der Waals surface area (Å²) in [6, 6.07) is 0.631. The maximum Gasteiger partial charge on any atom is 0.147 e. The molecule has 3 aliphatic rings. The maximum atomic E-state index is 9.84. The van der Waals surface area contributed by atoms with Gasteiger partial charge in [0.1, 0.15) is 11.6 Å². The minimum absolute atomic E-state index is 0.221. The van der Waals surface area contributed by atoms with Gasteiger partial charge in [0.25, 0.3) is 0 Å². The van der Waals surface area contributed by atoms with Gasteiger partial charge in [0.2, 0.25) is 0 Å². The standard InChI is InChI=1S/C18H26N6O/c1-22-7-13(6-19-22)16-9-23(8-14(16)11-25)10-17-20-21-18(12-2-3-12)24(17)15-4-5-15/h6-7,12,14-16,25H,2-5,8-11H2,1H3/t14-,16-/m0/s1. The summed E-state index contributed by atoms with van der Waals surface area (Å²) < 4.78 is 4.28. The van der Waals surface area contributed by atoms with E-state index in [0.29, 0.717) is 17.9 Å². The molecule has 3 heterocycles. The fraction of sp³-hybridized carbons (Fsp3) is 0.722. The molecule has 1 N–H and O–H groups in total. The fourth-order valence-corrected chi connectivity index (χ4v) is 4.28. The monoisotopic (exact) mass is 342 g/mol. The van der Waals surface area contributed by atoms with Gasteiger partial charge in [-0.05, 0) is 31.2 Å². The van der Waals surface area contributed by atoms with Crippen LogP contribution in [-0.4, -0.2) is 54.2 Å². The molecule has 2 atom stereocenters. The van der Waals surface area contributed by atoms with E-state index < -0.39 is 0 Å². The van der Waals surface area contributed by atoms with Gasteiger partial charge in [0.05, 0.1) is 12.7 Å². The molecule has 1 aliphatic heterocycles. The molecule has 3 fully saturated rings. The van der Waals surface area contributed by atoms with E-state index >= 15 is 0 Å². The van der Waals surface area contributed by atoms with Gasteiger partial charge in [-0.2, -0.15) is 5.10 Å². The lowest BCUT2D eigenvalue weighted by molar-refractivity contribution is 0.212. The molecule has 0 aromatic carbocycles. The molecule has 134 valence electrons. The third kappa shape index (κ3) is 2.89. The summed E-state index contributed by atoms with van der Waals surface area (Å²) in [6.45, 7) is 2.92. The van der Waals surface area contributed by atoms with Crippen molar-refractivity contribution in [2.75, 3.05) is 19.7 Å². The van der Waals surface area contributed by atoms with E-state index in [1.807, 2.05) is 17.9 Å². The molecule has 0 spiro atoms. The molecule has 0 radical (unpaired) electrons. The van der Waals surface area contributed by atoms with Gasteiger partial charge in [-0.25, -0.2) is 0 Å². The Hall–Kier alpha value is -1.73. The van der Waals surface area contributed by atoms with Crippen LogP contribution in [0.15, 0.2) is 12.4 Å². The fourth-order valence-electron chi connectivity index (χ4n) is 4.28. The van der Waals surface area contributed by atoms with Crippen molar-refractivity contribution in [1.82, 2.24) is 29.4 Å². The zero-order valence-corrected chi connectivity index (χ0v) is 14.8. The highest BCUT2D eigenvalue weighted by molar-refractivity contribution is 5.17. The van der Waals surface area contributed by atoms with Crippen molar-refractivity contribution in [3.05, 3.63) is 29.6 Å². The molecule has 1 saturated heterocycles. The Morgan fingerprint density at radius 2 is 2.00 bits per heavy atom. The first kappa shape index (κ1) is 15.5. The Bertz CT molecular complexity index is 759. The lowest BCUT2D eigenvalue weighted by Crippen LogP contribution is -2.23. The first-order chi connectivity index (χ1) is 12.2. The topological polar surface area (TPSA) is 72.0 Å². The highest BCUT2D eigenvalue weighted by Crippen LogP contribution is 2.45. The smallest absolute Gasteiger partial charge is 0.147 e. The number of hydrogen-bond acceptors (Lipinski definition) is 5. The van der Waals surface area contributed by atoms with E-state index in [1.54, 1.807) is 0 Å². The Morgan fingerprint density at radius 1 is 1.16 bits per heavy atom. The van der Waals surface area contributed by atoms with Crippen LogP contribution in [0.3, 0.4) is 0 Å². The zero-order valence-electron chi connectivity index (χ0n) is 14.8. The molecule has 0 amide bonds. The van der Waals surface area contributed by atoms with Crippen LogP contribution in [-0.2, 0) is 13.6 Å². The third-order valence-corrected chi connectivity index (χ3v) is 5.92. The minimum Gasteiger partial charge on any atom is -0.396 e. The molecular formula is C18H26N6O. The molecule has 2 aromatic heterocycles. The summed E-state index contributed by atoms with van der Waals surface area (Å²) in [4.78, 5) is 2.43. The van der Waals surface area contributed by atoms with Crippen molar-refractivity contribution in [3.63, 3.8) is 0 Å². The van der Waals surface area contributed by atoms with Gasteiger partial charge in [0, 0.05) is 56.7 Å². The summed E-state index contributed by atoms with van der Waals surface area (Å²) in [7, 11) is 1.95.